The summed E-state index contributed by atoms with van der Waals surface area (Å²) in [6.07, 6.45) is -1.01. The molecule has 1 aliphatic rings. The number of aliphatic hydroxyl groups excluding tert-OH is 1. The van der Waals surface area contributed by atoms with Crippen molar-refractivity contribution < 1.29 is 9.90 Å². The Hall–Kier alpha value is -1.30. The average molecular weight is 277 g/mol. The van der Waals surface area contributed by atoms with Gasteiger partial charge in [-0.3, -0.25) is 4.79 Å². The minimum absolute atomic E-state index is 0.261. The number of amides is 1. The SMILES string of the molecule is CN1C(=O)C(O)c2ccc(Sc3cccs3)cc21. The van der Waals surface area contributed by atoms with Gasteiger partial charge in [-0.05, 0) is 23.6 Å². The van der Waals surface area contributed by atoms with Crippen molar-refractivity contribution in [1.29, 1.82) is 0 Å². The average Bonchev–Trinajstić information content (AvgIpc) is 2.95. The number of carbonyl (C=O) groups is 1. The molecule has 18 heavy (non-hydrogen) atoms. The Morgan fingerprint density at radius 1 is 1.39 bits per heavy atom. The fraction of sp³-hybridized carbons (Fsp3) is 0.154. The van der Waals surface area contributed by atoms with Crippen LogP contribution in [0.2, 0.25) is 0 Å². The number of aliphatic hydroxyl groups is 1. The second-order valence-corrected chi connectivity index (χ2v) is 6.38. The number of carbonyl (C=O) groups excluding carboxylic acids is 1. The highest BCUT2D eigenvalue weighted by atomic mass is 32.2. The highest BCUT2D eigenvalue weighted by Crippen LogP contribution is 2.39. The van der Waals surface area contributed by atoms with E-state index in [2.05, 4.69) is 6.07 Å². The first-order chi connectivity index (χ1) is 8.66. The molecular weight excluding hydrogens is 266 g/mol. The van der Waals surface area contributed by atoms with Gasteiger partial charge in [-0.15, -0.1) is 11.3 Å². The number of nitrogens with zero attached hydrogens (tertiary/aromatic N) is 1. The van der Waals surface area contributed by atoms with Crippen molar-refractivity contribution >= 4 is 34.7 Å². The van der Waals surface area contributed by atoms with Crippen LogP contribution >= 0.6 is 23.1 Å². The fourth-order valence-corrected chi connectivity index (χ4v) is 3.76. The molecule has 2 heterocycles. The van der Waals surface area contributed by atoms with Crippen molar-refractivity contribution in [3.8, 4) is 0 Å². The van der Waals surface area contributed by atoms with Crippen LogP contribution < -0.4 is 4.90 Å². The summed E-state index contributed by atoms with van der Waals surface area (Å²) in [5.41, 5.74) is 1.49. The van der Waals surface area contributed by atoms with Crippen molar-refractivity contribution in [1.82, 2.24) is 0 Å². The summed E-state index contributed by atoms with van der Waals surface area (Å²) < 4.78 is 1.21. The molecule has 1 aliphatic heterocycles. The molecule has 1 N–H and O–H groups in total. The fourth-order valence-electron chi connectivity index (χ4n) is 1.98. The normalized spacial score (nSPS) is 18.2. The van der Waals surface area contributed by atoms with Crippen LogP contribution in [-0.4, -0.2) is 18.1 Å². The molecule has 1 amide bonds. The minimum atomic E-state index is -1.01. The van der Waals surface area contributed by atoms with Crippen molar-refractivity contribution in [2.75, 3.05) is 11.9 Å². The maximum atomic E-state index is 11.7. The molecule has 0 saturated carbocycles. The van der Waals surface area contributed by atoms with Gasteiger partial charge in [0.15, 0.2) is 6.10 Å². The molecule has 1 unspecified atom stereocenters. The lowest BCUT2D eigenvalue weighted by atomic mass is 10.1. The number of thiophene rings is 1. The van der Waals surface area contributed by atoms with Crippen LogP contribution in [0.1, 0.15) is 11.7 Å². The molecule has 1 aromatic carbocycles. The van der Waals surface area contributed by atoms with Gasteiger partial charge in [0, 0.05) is 17.5 Å². The Labute approximate surface area is 113 Å². The molecule has 0 fully saturated rings. The largest absolute Gasteiger partial charge is 0.378 e. The van der Waals surface area contributed by atoms with Crippen LogP contribution in [-0.2, 0) is 4.79 Å². The maximum Gasteiger partial charge on any atom is 0.260 e. The Morgan fingerprint density at radius 2 is 2.22 bits per heavy atom. The zero-order chi connectivity index (χ0) is 12.7. The molecule has 1 aromatic heterocycles. The summed E-state index contributed by atoms with van der Waals surface area (Å²) in [6, 6.07) is 9.80. The van der Waals surface area contributed by atoms with E-state index in [1.54, 1.807) is 30.1 Å². The highest BCUT2D eigenvalue weighted by Gasteiger charge is 2.33. The van der Waals surface area contributed by atoms with Crippen molar-refractivity contribution in [2.24, 2.45) is 0 Å². The third-order valence-corrected chi connectivity index (χ3v) is 4.96. The number of hydrogen-bond acceptors (Lipinski definition) is 4. The van der Waals surface area contributed by atoms with E-state index in [0.29, 0.717) is 5.56 Å². The molecule has 0 aliphatic carbocycles. The zero-order valence-corrected chi connectivity index (χ0v) is 11.3. The molecule has 0 bridgehead atoms. The number of fused-ring (bicyclic) bond motifs is 1. The summed E-state index contributed by atoms with van der Waals surface area (Å²) >= 11 is 3.35. The van der Waals surface area contributed by atoms with E-state index in [1.165, 1.54) is 9.11 Å². The van der Waals surface area contributed by atoms with Crippen LogP contribution in [0, 0.1) is 0 Å². The van der Waals surface area contributed by atoms with E-state index in [4.69, 9.17) is 0 Å². The van der Waals surface area contributed by atoms with Gasteiger partial charge in [0.2, 0.25) is 0 Å². The first-order valence-electron chi connectivity index (χ1n) is 5.48. The molecule has 3 nitrogen and oxygen atoms in total. The molecule has 3 rings (SSSR count). The van der Waals surface area contributed by atoms with Gasteiger partial charge in [0.05, 0.1) is 9.90 Å². The third kappa shape index (κ3) is 1.84. The van der Waals surface area contributed by atoms with Gasteiger partial charge in [-0.25, -0.2) is 0 Å². The van der Waals surface area contributed by atoms with Crippen molar-refractivity contribution in [3.63, 3.8) is 0 Å². The molecule has 1 atom stereocenters. The lowest BCUT2D eigenvalue weighted by Crippen LogP contribution is -2.23. The Morgan fingerprint density at radius 3 is 2.94 bits per heavy atom. The summed E-state index contributed by atoms with van der Waals surface area (Å²) in [6.45, 7) is 0. The summed E-state index contributed by atoms with van der Waals surface area (Å²) in [7, 11) is 1.69. The number of likely N-dealkylation sites (N-methyl/N-ethyl adjacent to an activating group) is 1. The second kappa shape index (κ2) is 4.42. The van der Waals surface area contributed by atoms with Gasteiger partial charge < -0.3 is 10.0 Å². The standard InChI is InChI=1S/C13H11NO2S2/c1-14-10-7-8(18-11-3-2-6-17-11)4-5-9(10)12(15)13(14)16/h2-7,12,15H,1H3. The smallest absolute Gasteiger partial charge is 0.260 e. The summed E-state index contributed by atoms with van der Waals surface area (Å²) in [4.78, 5) is 14.2. The first-order valence-corrected chi connectivity index (χ1v) is 7.17. The molecule has 0 saturated heterocycles. The van der Waals surface area contributed by atoms with Gasteiger partial charge >= 0.3 is 0 Å². The lowest BCUT2D eigenvalue weighted by molar-refractivity contribution is -0.125. The monoisotopic (exact) mass is 277 g/mol. The minimum Gasteiger partial charge on any atom is -0.378 e. The summed E-state index contributed by atoms with van der Waals surface area (Å²) in [5.74, 6) is -0.261. The second-order valence-electron chi connectivity index (χ2n) is 4.05. The van der Waals surface area contributed by atoms with Gasteiger partial charge in [0.1, 0.15) is 0 Å². The Kier molecular flexibility index (Phi) is 2.89. The predicted molar refractivity (Wildman–Crippen MR) is 73.3 cm³/mol. The number of benzene rings is 1. The van der Waals surface area contributed by atoms with E-state index in [9.17, 15) is 9.90 Å². The lowest BCUT2D eigenvalue weighted by Gasteiger charge is -2.10. The third-order valence-electron chi connectivity index (χ3n) is 2.94. The maximum absolute atomic E-state index is 11.7. The van der Waals surface area contributed by atoms with Crippen molar-refractivity contribution in [3.05, 3.63) is 41.3 Å². The number of rotatable bonds is 2. The van der Waals surface area contributed by atoms with Crippen LogP contribution in [0.25, 0.3) is 0 Å². The Bertz CT molecular complexity index is 595. The Balaban J connectivity index is 1.95. The van der Waals surface area contributed by atoms with Crippen LogP contribution in [0.4, 0.5) is 5.69 Å². The molecule has 0 radical (unpaired) electrons. The number of anilines is 1. The van der Waals surface area contributed by atoms with Crippen molar-refractivity contribution in [2.45, 2.75) is 15.2 Å². The van der Waals surface area contributed by atoms with E-state index >= 15 is 0 Å². The van der Waals surface area contributed by atoms with Gasteiger partial charge in [-0.1, -0.05) is 23.9 Å². The van der Waals surface area contributed by atoms with E-state index < -0.39 is 6.10 Å². The zero-order valence-electron chi connectivity index (χ0n) is 9.66. The van der Waals surface area contributed by atoms with Crippen LogP contribution in [0.5, 0.6) is 0 Å². The molecular formula is C13H11NO2S2. The quantitative estimate of drug-likeness (QED) is 0.917. The van der Waals surface area contributed by atoms with Crippen LogP contribution in [0.15, 0.2) is 44.8 Å². The van der Waals surface area contributed by atoms with Gasteiger partial charge in [0.25, 0.3) is 5.91 Å². The molecule has 92 valence electrons. The molecule has 5 heteroatoms. The first kappa shape index (κ1) is 11.8. The van der Waals surface area contributed by atoms with E-state index in [1.807, 2.05) is 29.6 Å². The summed E-state index contributed by atoms with van der Waals surface area (Å²) in [5, 5.41) is 11.8. The molecule has 2 aromatic rings. The molecule has 0 spiro atoms. The number of hydrogen-bond donors (Lipinski definition) is 1. The van der Waals surface area contributed by atoms with E-state index in [0.717, 1.165) is 10.6 Å². The van der Waals surface area contributed by atoms with E-state index in [-0.39, 0.29) is 5.91 Å². The van der Waals surface area contributed by atoms with Gasteiger partial charge in [-0.2, -0.15) is 0 Å². The highest BCUT2D eigenvalue weighted by molar-refractivity contribution is 8.01. The predicted octanol–water partition coefficient (Wildman–Crippen LogP) is 2.91. The van der Waals surface area contributed by atoms with Crippen LogP contribution in [0.3, 0.4) is 0 Å². The topological polar surface area (TPSA) is 40.5 Å².